The summed E-state index contributed by atoms with van der Waals surface area (Å²) in [6.07, 6.45) is 2.14. The lowest BCUT2D eigenvalue weighted by Gasteiger charge is -2.34. The van der Waals surface area contributed by atoms with Crippen LogP contribution in [0.15, 0.2) is 24.3 Å². The number of anilines is 1. The van der Waals surface area contributed by atoms with Gasteiger partial charge in [-0.3, -0.25) is 5.32 Å². The second-order valence-corrected chi connectivity index (χ2v) is 6.73. The zero-order chi connectivity index (χ0) is 16.2. The molecule has 1 aliphatic rings. The molecule has 0 spiro atoms. The predicted octanol–water partition coefficient (Wildman–Crippen LogP) is 3.30. The average Bonchev–Trinajstić information content (AvgIpc) is 2.37. The molecule has 0 heterocycles. The summed E-state index contributed by atoms with van der Waals surface area (Å²) in [6, 6.07) is 8.34. The first-order valence-electron chi connectivity index (χ1n) is 7.71. The molecular weight excluding hydrogens is 280 g/mol. The summed E-state index contributed by atoms with van der Waals surface area (Å²) in [5.74, 6) is 0. The Morgan fingerprint density at radius 1 is 1.23 bits per heavy atom. The topological polar surface area (TPSA) is 59.6 Å². The minimum Gasteiger partial charge on any atom is -0.444 e. The number of amides is 1. The Labute approximate surface area is 132 Å². The largest absolute Gasteiger partial charge is 0.444 e. The third kappa shape index (κ3) is 5.31. The molecule has 0 bridgehead atoms. The minimum absolute atomic E-state index is 0.415. The molecule has 0 unspecified atom stereocenters. The summed E-state index contributed by atoms with van der Waals surface area (Å²) in [5.41, 5.74) is 1.44. The quantitative estimate of drug-likeness (QED) is 0.876. The zero-order valence-corrected chi connectivity index (χ0v) is 13.8. The van der Waals surface area contributed by atoms with Crippen LogP contribution in [0.2, 0.25) is 0 Å². The Balaban J connectivity index is 1.74. The Kier molecular flexibility index (Phi) is 5.42. The van der Waals surface area contributed by atoms with Gasteiger partial charge in [0.25, 0.3) is 0 Å². The number of ether oxygens (including phenoxy) is 2. The molecule has 2 rings (SSSR count). The van der Waals surface area contributed by atoms with Crippen LogP contribution in [0.5, 0.6) is 0 Å². The maximum absolute atomic E-state index is 11.7. The van der Waals surface area contributed by atoms with Gasteiger partial charge in [0.2, 0.25) is 0 Å². The molecule has 5 heteroatoms. The van der Waals surface area contributed by atoms with Crippen LogP contribution in [-0.2, 0) is 16.0 Å². The number of hydrogen-bond donors (Lipinski definition) is 2. The highest BCUT2D eigenvalue weighted by molar-refractivity contribution is 5.84. The van der Waals surface area contributed by atoms with E-state index in [1.54, 1.807) is 7.11 Å². The summed E-state index contributed by atoms with van der Waals surface area (Å²) in [6.45, 7) is 6.36. The molecule has 1 aromatic carbocycles. The Morgan fingerprint density at radius 3 is 2.41 bits per heavy atom. The Bertz CT molecular complexity index is 488. The highest BCUT2D eigenvalue weighted by atomic mass is 16.6. The van der Waals surface area contributed by atoms with Gasteiger partial charge in [0.1, 0.15) is 5.60 Å². The smallest absolute Gasteiger partial charge is 0.412 e. The van der Waals surface area contributed by atoms with E-state index in [2.05, 4.69) is 10.6 Å². The number of hydrogen-bond acceptors (Lipinski definition) is 4. The fourth-order valence-electron chi connectivity index (χ4n) is 2.31. The van der Waals surface area contributed by atoms with Gasteiger partial charge in [-0.1, -0.05) is 12.1 Å². The van der Waals surface area contributed by atoms with Crippen molar-refractivity contribution >= 4 is 11.8 Å². The molecule has 0 radical (unpaired) electrons. The first kappa shape index (κ1) is 16.8. The molecule has 1 saturated carbocycles. The average molecular weight is 306 g/mol. The molecule has 122 valence electrons. The minimum atomic E-state index is -0.489. The van der Waals surface area contributed by atoms with Crippen molar-refractivity contribution in [2.75, 3.05) is 12.4 Å². The number of carbonyl (C=O) groups is 1. The second-order valence-electron chi connectivity index (χ2n) is 6.73. The third-order valence-electron chi connectivity index (χ3n) is 3.62. The van der Waals surface area contributed by atoms with Crippen LogP contribution in [0.3, 0.4) is 0 Å². The standard InChI is InChI=1S/C17H26N2O3/c1-17(2,3)22-16(20)19-13-7-5-12(6-8-13)11-18-14-9-15(10-14)21-4/h5-8,14-15,18H,9-11H2,1-4H3,(H,19,20). The first-order valence-corrected chi connectivity index (χ1v) is 7.71. The normalized spacial score (nSPS) is 21.1. The molecule has 0 saturated heterocycles. The van der Waals surface area contributed by atoms with E-state index in [0.717, 1.165) is 25.1 Å². The molecule has 5 nitrogen and oxygen atoms in total. The van der Waals surface area contributed by atoms with Crippen LogP contribution in [0.4, 0.5) is 10.5 Å². The SMILES string of the molecule is COC1CC(NCc2ccc(NC(=O)OC(C)(C)C)cc2)C1. The van der Waals surface area contributed by atoms with Crippen molar-refractivity contribution in [1.82, 2.24) is 5.32 Å². The summed E-state index contributed by atoms with van der Waals surface area (Å²) < 4.78 is 10.5. The third-order valence-corrected chi connectivity index (χ3v) is 3.62. The van der Waals surface area contributed by atoms with Gasteiger partial charge in [-0.15, -0.1) is 0 Å². The summed E-state index contributed by atoms with van der Waals surface area (Å²) >= 11 is 0. The van der Waals surface area contributed by atoms with Crippen molar-refractivity contribution in [2.24, 2.45) is 0 Å². The van der Waals surface area contributed by atoms with Crippen molar-refractivity contribution in [2.45, 2.75) is 57.9 Å². The van der Waals surface area contributed by atoms with E-state index in [0.29, 0.717) is 12.1 Å². The lowest BCUT2D eigenvalue weighted by molar-refractivity contribution is 0.0170. The maximum atomic E-state index is 11.7. The number of rotatable bonds is 5. The van der Waals surface area contributed by atoms with Crippen molar-refractivity contribution in [3.63, 3.8) is 0 Å². The zero-order valence-electron chi connectivity index (χ0n) is 13.8. The van der Waals surface area contributed by atoms with Gasteiger partial charge in [0, 0.05) is 25.4 Å². The van der Waals surface area contributed by atoms with Gasteiger partial charge in [-0.25, -0.2) is 4.79 Å². The molecule has 2 N–H and O–H groups in total. The van der Waals surface area contributed by atoms with Crippen LogP contribution >= 0.6 is 0 Å². The van der Waals surface area contributed by atoms with E-state index in [4.69, 9.17) is 9.47 Å². The van der Waals surface area contributed by atoms with Crippen molar-refractivity contribution < 1.29 is 14.3 Å². The van der Waals surface area contributed by atoms with Crippen LogP contribution < -0.4 is 10.6 Å². The van der Waals surface area contributed by atoms with Crippen LogP contribution in [-0.4, -0.2) is 30.9 Å². The van der Waals surface area contributed by atoms with E-state index >= 15 is 0 Å². The number of benzene rings is 1. The Hall–Kier alpha value is -1.59. The fraction of sp³-hybridized carbons (Fsp3) is 0.588. The van der Waals surface area contributed by atoms with Gasteiger partial charge < -0.3 is 14.8 Å². The molecule has 22 heavy (non-hydrogen) atoms. The predicted molar refractivity (Wildman–Crippen MR) is 87.0 cm³/mol. The highest BCUT2D eigenvalue weighted by Crippen LogP contribution is 2.23. The fourth-order valence-corrected chi connectivity index (χ4v) is 2.31. The van der Waals surface area contributed by atoms with E-state index in [1.807, 2.05) is 45.0 Å². The summed E-state index contributed by atoms with van der Waals surface area (Å²) in [7, 11) is 1.76. The van der Waals surface area contributed by atoms with Crippen LogP contribution in [0.25, 0.3) is 0 Å². The van der Waals surface area contributed by atoms with E-state index in [1.165, 1.54) is 5.56 Å². The van der Waals surface area contributed by atoms with Gasteiger partial charge in [-0.2, -0.15) is 0 Å². The van der Waals surface area contributed by atoms with Crippen LogP contribution in [0.1, 0.15) is 39.2 Å². The van der Waals surface area contributed by atoms with E-state index in [-0.39, 0.29) is 0 Å². The molecule has 1 aliphatic carbocycles. The molecule has 1 amide bonds. The van der Waals surface area contributed by atoms with Crippen molar-refractivity contribution in [1.29, 1.82) is 0 Å². The maximum Gasteiger partial charge on any atom is 0.412 e. The van der Waals surface area contributed by atoms with Gasteiger partial charge in [0.15, 0.2) is 0 Å². The molecule has 1 fully saturated rings. The molecular formula is C17H26N2O3. The van der Waals surface area contributed by atoms with E-state index < -0.39 is 11.7 Å². The summed E-state index contributed by atoms with van der Waals surface area (Å²) in [5, 5.41) is 6.23. The molecule has 0 aliphatic heterocycles. The lowest BCUT2D eigenvalue weighted by atomic mass is 9.89. The summed E-state index contributed by atoms with van der Waals surface area (Å²) in [4.78, 5) is 11.7. The van der Waals surface area contributed by atoms with Crippen molar-refractivity contribution in [3.05, 3.63) is 29.8 Å². The highest BCUT2D eigenvalue weighted by Gasteiger charge is 2.28. The molecule has 1 aromatic rings. The number of nitrogens with one attached hydrogen (secondary N) is 2. The molecule has 0 aromatic heterocycles. The van der Waals surface area contributed by atoms with Crippen LogP contribution in [0, 0.1) is 0 Å². The first-order chi connectivity index (χ1) is 10.4. The monoisotopic (exact) mass is 306 g/mol. The number of carbonyl (C=O) groups excluding carboxylic acids is 1. The van der Waals surface area contributed by atoms with Gasteiger partial charge in [0.05, 0.1) is 6.10 Å². The van der Waals surface area contributed by atoms with Gasteiger partial charge >= 0.3 is 6.09 Å². The second kappa shape index (κ2) is 7.11. The molecule has 0 atom stereocenters. The van der Waals surface area contributed by atoms with E-state index in [9.17, 15) is 4.79 Å². The Morgan fingerprint density at radius 2 is 1.86 bits per heavy atom. The van der Waals surface area contributed by atoms with Gasteiger partial charge in [-0.05, 0) is 51.3 Å². The number of methoxy groups -OCH3 is 1. The van der Waals surface area contributed by atoms with Crippen molar-refractivity contribution in [3.8, 4) is 0 Å². The lowest BCUT2D eigenvalue weighted by Crippen LogP contribution is -2.44.